The van der Waals surface area contributed by atoms with E-state index >= 15 is 0 Å². The molecule has 1 heterocycles. The Kier molecular flexibility index (Phi) is 5.19. The van der Waals surface area contributed by atoms with Gasteiger partial charge in [0.1, 0.15) is 5.75 Å². The van der Waals surface area contributed by atoms with Gasteiger partial charge in [-0.05, 0) is 44.5 Å². The summed E-state index contributed by atoms with van der Waals surface area (Å²) in [4.78, 5) is 14.2. The smallest absolute Gasteiger partial charge is 0.406 e. The summed E-state index contributed by atoms with van der Waals surface area (Å²) in [6.07, 6.45) is -3.96. The molecule has 1 aliphatic rings. The Bertz CT molecular complexity index is 563. The zero-order valence-electron chi connectivity index (χ0n) is 13.2. The molecule has 0 spiro atoms. The molecule has 1 aromatic carbocycles. The lowest BCUT2D eigenvalue weighted by atomic mass is 9.89. The summed E-state index contributed by atoms with van der Waals surface area (Å²) in [5.74, 6) is -0.197. The van der Waals surface area contributed by atoms with Crippen LogP contribution in [0.25, 0.3) is 0 Å². The standard InChI is InChI=1S/C16H21F3N2O2/c1-3-20-14(22)15(2)7-8-21(11-15)10-12-5-4-6-13(9-12)23-16(17,18)19/h4-6,9H,3,7-8,10-11H2,1-2H3,(H,20,22). The van der Waals surface area contributed by atoms with Gasteiger partial charge in [-0.25, -0.2) is 0 Å². The van der Waals surface area contributed by atoms with Gasteiger partial charge in [-0.15, -0.1) is 13.2 Å². The fraction of sp³-hybridized carbons (Fsp3) is 0.562. The minimum Gasteiger partial charge on any atom is -0.406 e. The van der Waals surface area contributed by atoms with Crippen molar-refractivity contribution in [1.82, 2.24) is 10.2 Å². The van der Waals surface area contributed by atoms with Gasteiger partial charge >= 0.3 is 6.36 Å². The average molecular weight is 330 g/mol. The molecule has 128 valence electrons. The number of rotatable bonds is 5. The fourth-order valence-electron chi connectivity index (χ4n) is 2.85. The molecule has 1 atom stereocenters. The summed E-state index contributed by atoms with van der Waals surface area (Å²) in [5.41, 5.74) is 0.280. The van der Waals surface area contributed by atoms with Crippen LogP contribution in [0, 0.1) is 5.41 Å². The number of hydrogen-bond acceptors (Lipinski definition) is 3. The first-order chi connectivity index (χ1) is 10.7. The number of ether oxygens (including phenoxy) is 1. The molecule has 4 nitrogen and oxygen atoms in total. The van der Waals surface area contributed by atoms with Crippen molar-refractivity contribution < 1.29 is 22.7 Å². The quantitative estimate of drug-likeness (QED) is 0.902. The molecular formula is C16H21F3N2O2. The molecule has 1 N–H and O–H groups in total. The summed E-state index contributed by atoms with van der Waals surface area (Å²) < 4.78 is 40.7. The molecule has 23 heavy (non-hydrogen) atoms. The minimum atomic E-state index is -4.69. The van der Waals surface area contributed by atoms with Gasteiger partial charge in [-0.2, -0.15) is 0 Å². The number of nitrogens with zero attached hydrogens (tertiary/aromatic N) is 1. The summed E-state index contributed by atoms with van der Waals surface area (Å²) in [7, 11) is 0. The van der Waals surface area contributed by atoms with E-state index in [1.54, 1.807) is 6.07 Å². The second-order valence-electron chi connectivity index (χ2n) is 6.08. The van der Waals surface area contributed by atoms with Crippen molar-refractivity contribution in [2.24, 2.45) is 5.41 Å². The molecule has 2 rings (SSSR count). The van der Waals surface area contributed by atoms with E-state index in [0.29, 0.717) is 19.6 Å². The topological polar surface area (TPSA) is 41.6 Å². The van der Waals surface area contributed by atoms with E-state index in [1.165, 1.54) is 18.2 Å². The Hall–Kier alpha value is -1.76. The van der Waals surface area contributed by atoms with E-state index in [-0.39, 0.29) is 11.7 Å². The van der Waals surface area contributed by atoms with Crippen molar-refractivity contribution in [3.8, 4) is 5.75 Å². The van der Waals surface area contributed by atoms with E-state index in [0.717, 1.165) is 18.5 Å². The molecule has 0 aromatic heterocycles. The molecule has 0 bridgehead atoms. The van der Waals surface area contributed by atoms with Crippen molar-refractivity contribution >= 4 is 5.91 Å². The number of carbonyl (C=O) groups is 1. The molecule has 1 unspecified atom stereocenters. The number of amides is 1. The molecule has 0 aliphatic carbocycles. The van der Waals surface area contributed by atoms with Crippen molar-refractivity contribution in [2.45, 2.75) is 33.2 Å². The lowest BCUT2D eigenvalue weighted by molar-refractivity contribution is -0.274. The van der Waals surface area contributed by atoms with Gasteiger partial charge in [0.2, 0.25) is 5.91 Å². The maximum atomic E-state index is 12.3. The molecular weight excluding hydrogens is 309 g/mol. The van der Waals surface area contributed by atoms with E-state index < -0.39 is 11.8 Å². The molecule has 1 aromatic rings. The Labute approximate surface area is 133 Å². The third-order valence-corrected chi connectivity index (χ3v) is 3.98. The van der Waals surface area contributed by atoms with Gasteiger partial charge in [0.15, 0.2) is 0 Å². The number of likely N-dealkylation sites (tertiary alicyclic amines) is 1. The second kappa shape index (κ2) is 6.78. The van der Waals surface area contributed by atoms with Crippen molar-refractivity contribution in [3.63, 3.8) is 0 Å². The Morgan fingerprint density at radius 3 is 2.83 bits per heavy atom. The van der Waals surface area contributed by atoms with Crippen LogP contribution in [0.15, 0.2) is 24.3 Å². The summed E-state index contributed by atoms with van der Waals surface area (Å²) in [6, 6.07) is 5.95. The van der Waals surface area contributed by atoms with Crippen LogP contribution in [0.5, 0.6) is 5.75 Å². The highest BCUT2D eigenvalue weighted by molar-refractivity contribution is 5.82. The Morgan fingerprint density at radius 1 is 1.43 bits per heavy atom. The molecule has 1 saturated heterocycles. The molecule has 7 heteroatoms. The predicted octanol–water partition coefficient (Wildman–Crippen LogP) is 2.93. The van der Waals surface area contributed by atoms with Gasteiger partial charge in [0.05, 0.1) is 5.41 Å². The molecule has 1 fully saturated rings. The predicted molar refractivity (Wildman–Crippen MR) is 79.8 cm³/mol. The number of halogens is 3. The van der Waals surface area contributed by atoms with Crippen LogP contribution >= 0.6 is 0 Å². The molecule has 0 saturated carbocycles. The Morgan fingerprint density at radius 2 is 2.17 bits per heavy atom. The van der Waals surface area contributed by atoms with Crippen LogP contribution in [0.1, 0.15) is 25.8 Å². The van der Waals surface area contributed by atoms with E-state index in [4.69, 9.17) is 0 Å². The monoisotopic (exact) mass is 330 g/mol. The highest BCUT2D eigenvalue weighted by Crippen LogP contribution is 2.31. The van der Waals surface area contributed by atoms with E-state index in [2.05, 4.69) is 15.0 Å². The van der Waals surface area contributed by atoms with Gasteiger partial charge in [0, 0.05) is 19.6 Å². The second-order valence-corrected chi connectivity index (χ2v) is 6.08. The van der Waals surface area contributed by atoms with Gasteiger partial charge < -0.3 is 10.1 Å². The van der Waals surface area contributed by atoms with Gasteiger partial charge in [-0.1, -0.05) is 12.1 Å². The van der Waals surface area contributed by atoms with Crippen LogP contribution in [0.3, 0.4) is 0 Å². The zero-order chi connectivity index (χ0) is 17.1. The molecule has 0 radical (unpaired) electrons. The number of alkyl halides is 3. The third kappa shape index (κ3) is 4.86. The number of benzene rings is 1. The van der Waals surface area contributed by atoms with Crippen molar-refractivity contribution in [3.05, 3.63) is 29.8 Å². The average Bonchev–Trinajstić information content (AvgIpc) is 2.80. The number of nitrogens with one attached hydrogen (secondary N) is 1. The lowest BCUT2D eigenvalue weighted by Crippen LogP contribution is -2.40. The van der Waals surface area contributed by atoms with Crippen LogP contribution < -0.4 is 10.1 Å². The summed E-state index contributed by atoms with van der Waals surface area (Å²) in [6.45, 7) is 6.19. The van der Waals surface area contributed by atoms with Crippen LogP contribution in [0.4, 0.5) is 13.2 Å². The normalized spacial score (nSPS) is 22.1. The van der Waals surface area contributed by atoms with E-state index in [1.807, 2.05) is 13.8 Å². The maximum Gasteiger partial charge on any atom is 0.573 e. The van der Waals surface area contributed by atoms with Crippen LogP contribution in [-0.2, 0) is 11.3 Å². The first-order valence-electron chi connectivity index (χ1n) is 7.57. The van der Waals surface area contributed by atoms with Crippen molar-refractivity contribution in [1.29, 1.82) is 0 Å². The highest BCUT2D eigenvalue weighted by Gasteiger charge is 2.39. The summed E-state index contributed by atoms with van der Waals surface area (Å²) in [5, 5.41) is 2.84. The number of carbonyl (C=O) groups excluding carboxylic acids is 1. The first kappa shape index (κ1) is 17.6. The summed E-state index contributed by atoms with van der Waals surface area (Å²) >= 11 is 0. The maximum absolute atomic E-state index is 12.3. The lowest BCUT2D eigenvalue weighted by Gasteiger charge is -2.23. The van der Waals surface area contributed by atoms with Crippen molar-refractivity contribution in [2.75, 3.05) is 19.6 Å². The van der Waals surface area contributed by atoms with Gasteiger partial charge in [0.25, 0.3) is 0 Å². The Balaban J connectivity index is 1.98. The largest absolute Gasteiger partial charge is 0.573 e. The molecule has 1 amide bonds. The minimum absolute atomic E-state index is 0.0247. The van der Waals surface area contributed by atoms with Gasteiger partial charge in [-0.3, -0.25) is 9.69 Å². The molecule has 1 aliphatic heterocycles. The third-order valence-electron chi connectivity index (χ3n) is 3.98. The van der Waals surface area contributed by atoms with Crippen LogP contribution in [0.2, 0.25) is 0 Å². The number of hydrogen-bond donors (Lipinski definition) is 1. The SMILES string of the molecule is CCNC(=O)C1(C)CCN(Cc2cccc(OC(F)(F)F)c2)C1. The first-order valence-corrected chi connectivity index (χ1v) is 7.57. The zero-order valence-corrected chi connectivity index (χ0v) is 13.2. The van der Waals surface area contributed by atoms with Crippen LogP contribution in [-0.4, -0.2) is 36.8 Å². The van der Waals surface area contributed by atoms with E-state index in [9.17, 15) is 18.0 Å². The highest BCUT2D eigenvalue weighted by atomic mass is 19.4. The fourth-order valence-corrected chi connectivity index (χ4v) is 2.85.